The third-order valence-electron chi connectivity index (χ3n) is 3.40. The summed E-state index contributed by atoms with van der Waals surface area (Å²) in [7, 11) is 1.69. The van der Waals surface area contributed by atoms with E-state index in [4.69, 9.17) is 14.2 Å². The Morgan fingerprint density at radius 1 is 1.35 bits per heavy atom. The first-order chi connectivity index (χ1) is 9.74. The van der Waals surface area contributed by atoms with Crippen LogP contribution in [0.1, 0.15) is 13.3 Å². The fourth-order valence-electron chi connectivity index (χ4n) is 2.36. The monoisotopic (exact) mass is 391 g/mol. The van der Waals surface area contributed by atoms with Crippen LogP contribution in [0.4, 0.5) is 0 Å². The molecule has 1 aromatic rings. The molecule has 20 heavy (non-hydrogen) atoms. The van der Waals surface area contributed by atoms with Crippen LogP contribution in [0.15, 0.2) is 24.3 Å². The summed E-state index contributed by atoms with van der Waals surface area (Å²) in [5.74, 6) is 0.914. The van der Waals surface area contributed by atoms with Crippen molar-refractivity contribution in [2.75, 3.05) is 26.9 Å². The van der Waals surface area contributed by atoms with Crippen LogP contribution < -0.4 is 10.1 Å². The van der Waals surface area contributed by atoms with Gasteiger partial charge in [-0.2, -0.15) is 0 Å². The fourth-order valence-corrected chi connectivity index (χ4v) is 2.88. The van der Waals surface area contributed by atoms with E-state index in [-0.39, 0.29) is 12.2 Å². The standard InChI is InChI=1S/C15H22INO3/c1-3-17-13-10-14(15(13)19-8-7-18-2)20-12-6-4-5-11(16)9-12/h4-6,9,13-15,17H,3,7-8,10H2,1-2H3. The highest BCUT2D eigenvalue weighted by Gasteiger charge is 2.43. The maximum atomic E-state index is 6.04. The average Bonchev–Trinajstić information content (AvgIpc) is 2.42. The minimum atomic E-state index is 0.1000. The van der Waals surface area contributed by atoms with Gasteiger partial charge in [0, 0.05) is 23.1 Å². The third-order valence-corrected chi connectivity index (χ3v) is 4.07. The minimum absolute atomic E-state index is 0.1000. The maximum Gasteiger partial charge on any atom is 0.128 e. The van der Waals surface area contributed by atoms with Crippen molar-refractivity contribution >= 4 is 22.6 Å². The summed E-state index contributed by atoms with van der Waals surface area (Å²) in [6.45, 7) is 4.28. The van der Waals surface area contributed by atoms with Gasteiger partial charge in [0.05, 0.1) is 13.2 Å². The smallest absolute Gasteiger partial charge is 0.128 e. The van der Waals surface area contributed by atoms with Crippen LogP contribution >= 0.6 is 22.6 Å². The molecular formula is C15H22INO3. The van der Waals surface area contributed by atoms with Crippen molar-refractivity contribution in [1.29, 1.82) is 0 Å². The van der Waals surface area contributed by atoms with Gasteiger partial charge in [0.15, 0.2) is 0 Å². The summed E-state index contributed by atoms with van der Waals surface area (Å²) in [5, 5.41) is 3.44. The Balaban J connectivity index is 1.89. The maximum absolute atomic E-state index is 6.04. The molecule has 1 aliphatic carbocycles. The highest BCUT2D eigenvalue weighted by molar-refractivity contribution is 14.1. The Labute approximate surface area is 134 Å². The van der Waals surface area contributed by atoms with Gasteiger partial charge in [-0.1, -0.05) is 13.0 Å². The van der Waals surface area contributed by atoms with E-state index in [9.17, 15) is 0 Å². The zero-order chi connectivity index (χ0) is 14.4. The number of benzene rings is 1. The molecule has 3 atom stereocenters. The second-order valence-electron chi connectivity index (χ2n) is 4.84. The van der Waals surface area contributed by atoms with Crippen molar-refractivity contribution in [3.63, 3.8) is 0 Å². The first-order valence-electron chi connectivity index (χ1n) is 7.00. The van der Waals surface area contributed by atoms with E-state index in [1.165, 1.54) is 3.57 Å². The highest BCUT2D eigenvalue weighted by Crippen LogP contribution is 2.29. The zero-order valence-electron chi connectivity index (χ0n) is 12.0. The number of hydrogen-bond donors (Lipinski definition) is 1. The summed E-state index contributed by atoms with van der Waals surface area (Å²) >= 11 is 2.29. The minimum Gasteiger partial charge on any atom is -0.488 e. The van der Waals surface area contributed by atoms with E-state index in [1.807, 2.05) is 18.2 Å². The third kappa shape index (κ3) is 4.31. The molecule has 0 spiro atoms. The molecule has 0 heterocycles. The number of hydrogen-bond acceptors (Lipinski definition) is 4. The molecule has 0 bridgehead atoms. The normalized spacial score (nSPS) is 25.2. The zero-order valence-corrected chi connectivity index (χ0v) is 14.1. The molecule has 1 aromatic carbocycles. The van der Waals surface area contributed by atoms with Crippen LogP contribution in [0.5, 0.6) is 5.75 Å². The van der Waals surface area contributed by atoms with E-state index in [2.05, 4.69) is 40.9 Å². The molecule has 0 radical (unpaired) electrons. The second kappa shape index (κ2) is 8.17. The number of likely N-dealkylation sites (N-methyl/N-ethyl adjacent to an activating group) is 1. The molecule has 0 amide bonds. The van der Waals surface area contributed by atoms with Crippen molar-refractivity contribution in [3.8, 4) is 5.75 Å². The lowest BCUT2D eigenvalue weighted by atomic mass is 9.85. The molecule has 1 fully saturated rings. The van der Waals surface area contributed by atoms with Gasteiger partial charge in [-0.25, -0.2) is 0 Å². The molecule has 1 aliphatic rings. The van der Waals surface area contributed by atoms with E-state index >= 15 is 0 Å². The molecule has 1 N–H and O–H groups in total. The summed E-state index contributed by atoms with van der Waals surface area (Å²) in [6, 6.07) is 8.49. The molecule has 3 unspecified atom stereocenters. The van der Waals surface area contributed by atoms with Gasteiger partial charge in [0.2, 0.25) is 0 Å². The fraction of sp³-hybridized carbons (Fsp3) is 0.600. The number of nitrogens with one attached hydrogen (secondary N) is 1. The van der Waals surface area contributed by atoms with Gasteiger partial charge >= 0.3 is 0 Å². The van der Waals surface area contributed by atoms with Crippen molar-refractivity contribution in [1.82, 2.24) is 5.32 Å². The Morgan fingerprint density at radius 2 is 2.20 bits per heavy atom. The predicted molar refractivity (Wildman–Crippen MR) is 87.3 cm³/mol. The largest absolute Gasteiger partial charge is 0.488 e. The van der Waals surface area contributed by atoms with Crippen LogP contribution in [0, 0.1) is 3.57 Å². The van der Waals surface area contributed by atoms with Gasteiger partial charge in [0.25, 0.3) is 0 Å². The van der Waals surface area contributed by atoms with Gasteiger partial charge in [-0.3, -0.25) is 0 Å². The number of methoxy groups -OCH3 is 1. The molecule has 0 saturated heterocycles. The molecule has 4 nitrogen and oxygen atoms in total. The van der Waals surface area contributed by atoms with Crippen LogP contribution in [-0.2, 0) is 9.47 Å². The molecule has 112 valence electrons. The van der Waals surface area contributed by atoms with Crippen molar-refractivity contribution in [2.45, 2.75) is 31.6 Å². The van der Waals surface area contributed by atoms with E-state index in [1.54, 1.807) is 7.11 Å². The van der Waals surface area contributed by atoms with Crippen LogP contribution in [0.2, 0.25) is 0 Å². The summed E-state index contributed by atoms with van der Waals surface area (Å²) in [5.41, 5.74) is 0. The van der Waals surface area contributed by atoms with Gasteiger partial charge < -0.3 is 19.5 Å². The number of ether oxygens (including phenoxy) is 3. The van der Waals surface area contributed by atoms with E-state index < -0.39 is 0 Å². The predicted octanol–water partition coefficient (Wildman–Crippen LogP) is 2.45. The molecule has 0 aliphatic heterocycles. The lowest BCUT2D eigenvalue weighted by Crippen LogP contribution is -2.61. The molecule has 2 rings (SSSR count). The Bertz CT molecular complexity index is 416. The molecular weight excluding hydrogens is 369 g/mol. The van der Waals surface area contributed by atoms with Crippen molar-refractivity contribution in [2.24, 2.45) is 0 Å². The van der Waals surface area contributed by atoms with Gasteiger partial charge in [0.1, 0.15) is 18.0 Å². The van der Waals surface area contributed by atoms with E-state index in [0.29, 0.717) is 19.3 Å². The van der Waals surface area contributed by atoms with Crippen LogP contribution in [0.25, 0.3) is 0 Å². The van der Waals surface area contributed by atoms with Gasteiger partial charge in [-0.15, -0.1) is 0 Å². The van der Waals surface area contributed by atoms with Crippen molar-refractivity contribution < 1.29 is 14.2 Å². The summed E-state index contributed by atoms with van der Waals surface area (Å²) in [6.07, 6.45) is 1.20. The Morgan fingerprint density at radius 3 is 2.90 bits per heavy atom. The summed E-state index contributed by atoms with van der Waals surface area (Å²) < 4.78 is 18.1. The van der Waals surface area contributed by atoms with E-state index in [0.717, 1.165) is 18.7 Å². The van der Waals surface area contributed by atoms with Crippen LogP contribution in [-0.4, -0.2) is 45.1 Å². The second-order valence-corrected chi connectivity index (χ2v) is 6.09. The lowest BCUT2D eigenvalue weighted by Gasteiger charge is -2.44. The first-order valence-corrected chi connectivity index (χ1v) is 8.08. The Kier molecular flexibility index (Phi) is 6.54. The average molecular weight is 391 g/mol. The molecule has 5 heteroatoms. The SMILES string of the molecule is CCNC1CC(Oc2cccc(I)c2)C1OCCOC. The first kappa shape index (κ1) is 16.0. The molecule has 0 aromatic heterocycles. The Hall–Kier alpha value is -0.370. The summed E-state index contributed by atoms with van der Waals surface area (Å²) in [4.78, 5) is 0. The quantitative estimate of drug-likeness (QED) is 0.546. The molecule has 1 saturated carbocycles. The lowest BCUT2D eigenvalue weighted by molar-refractivity contribution is -0.115. The number of rotatable bonds is 8. The topological polar surface area (TPSA) is 39.7 Å². The number of halogens is 1. The van der Waals surface area contributed by atoms with Gasteiger partial charge in [-0.05, 0) is 47.3 Å². The van der Waals surface area contributed by atoms with Crippen LogP contribution in [0.3, 0.4) is 0 Å². The highest BCUT2D eigenvalue weighted by atomic mass is 127. The van der Waals surface area contributed by atoms with Crippen molar-refractivity contribution in [3.05, 3.63) is 27.8 Å².